The molecule has 0 aliphatic heterocycles. The number of aryl methyl sites for hydroxylation is 2. The van der Waals surface area contributed by atoms with Crippen molar-refractivity contribution in [3.8, 4) is 19.5 Å². The summed E-state index contributed by atoms with van der Waals surface area (Å²) < 4.78 is 2.98. The van der Waals surface area contributed by atoms with Gasteiger partial charge in [-0.05, 0) is 78.8 Å². The van der Waals surface area contributed by atoms with Crippen molar-refractivity contribution in [2.45, 2.75) is 240 Å². The molecular weight excluding hydrogens is 741 g/mol. The molecule has 0 bridgehead atoms. The van der Waals surface area contributed by atoms with Gasteiger partial charge in [-0.15, -0.1) is 45.3 Å². The molecule has 0 amide bonds. The molecule has 0 aromatic carbocycles. The van der Waals surface area contributed by atoms with Crippen molar-refractivity contribution < 1.29 is 0 Å². The summed E-state index contributed by atoms with van der Waals surface area (Å²) in [5, 5.41) is 0. The van der Waals surface area contributed by atoms with Crippen molar-refractivity contribution in [2.24, 2.45) is 0 Å². The Balaban J connectivity index is 1.34. The van der Waals surface area contributed by atoms with E-state index in [0.29, 0.717) is 5.92 Å². The van der Waals surface area contributed by atoms with Crippen LogP contribution in [0.3, 0.4) is 0 Å². The third kappa shape index (κ3) is 16.0. The molecule has 4 rings (SSSR count). The molecule has 0 radical (unpaired) electrons. The molecule has 55 heavy (non-hydrogen) atoms. The molecule has 4 heterocycles. The zero-order valence-corrected chi connectivity index (χ0v) is 40.1. The topological polar surface area (TPSA) is 0 Å². The summed E-state index contributed by atoms with van der Waals surface area (Å²) in [7, 11) is 0. The van der Waals surface area contributed by atoms with E-state index in [0.717, 1.165) is 0 Å². The van der Waals surface area contributed by atoms with Gasteiger partial charge in [-0.25, -0.2) is 0 Å². The highest BCUT2D eigenvalue weighted by atomic mass is 32.1. The Bertz CT molecular complexity index is 1540. The van der Waals surface area contributed by atoms with Crippen LogP contribution in [0, 0.1) is 0 Å². The van der Waals surface area contributed by atoms with Gasteiger partial charge in [-0.3, -0.25) is 0 Å². The lowest BCUT2D eigenvalue weighted by Crippen LogP contribution is -2.14. The number of hydrogen-bond donors (Lipinski definition) is 0. The maximum atomic E-state index is 2.62. The lowest BCUT2D eigenvalue weighted by Gasteiger charge is -2.22. The van der Waals surface area contributed by atoms with Crippen molar-refractivity contribution in [1.82, 2.24) is 0 Å². The minimum absolute atomic E-state index is 0.252. The van der Waals surface area contributed by atoms with Gasteiger partial charge in [0, 0.05) is 38.7 Å². The third-order valence-corrected chi connectivity index (χ3v) is 17.7. The molecular formula is C51H82S4. The normalized spacial score (nSPS) is 12.3. The first-order valence-corrected chi connectivity index (χ1v) is 26.8. The van der Waals surface area contributed by atoms with Crippen LogP contribution in [0.15, 0.2) is 24.3 Å². The standard InChI is InChI=1S/C51H82S4/c1-8-11-13-15-17-19-21-23-25-27-29-31-33-41-36-43(40(4)5)54-49(41)46-38-44-45(52-46)39-47(53-44)50-42(37-48(55-50)51(6,7)35-10-3)34-32-30-28-26-24-22-20-18-16-14-12-9-2/h36-40H,8-35H2,1-7H3. The second-order valence-corrected chi connectivity index (χ2v) is 22.3. The SMILES string of the molecule is CCCCCCCCCCCCCCc1cc(C(C)C)sc1-c1cc2sc(-c3sc(C(C)(C)CCC)cc3CCCCCCCCCCCCCC)cc2s1. The predicted molar refractivity (Wildman–Crippen MR) is 258 cm³/mol. The quantitative estimate of drug-likeness (QED) is 0.0431. The molecule has 4 aromatic heterocycles. The summed E-state index contributed by atoms with van der Waals surface area (Å²) >= 11 is 8.30. The maximum absolute atomic E-state index is 2.62. The lowest BCUT2D eigenvalue weighted by atomic mass is 9.86. The molecule has 4 aromatic rings. The molecule has 0 N–H and O–H groups in total. The molecule has 0 nitrogen and oxygen atoms in total. The van der Waals surface area contributed by atoms with Crippen molar-refractivity contribution in [2.75, 3.05) is 0 Å². The van der Waals surface area contributed by atoms with Crippen LogP contribution in [0.1, 0.15) is 242 Å². The second-order valence-electron chi connectivity index (χ2n) is 18.0. The average Bonchev–Trinajstić information content (AvgIpc) is 3.95. The van der Waals surface area contributed by atoms with Gasteiger partial charge in [0.1, 0.15) is 0 Å². The minimum Gasteiger partial charge on any atom is -0.139 e. The van der Waals surface area contributed by atoms with Crippen molar-refractivity contribution in [3.05, 3.63) is 45.1 Å². The Morgan fingerprint density at radius 1 is 0.436 bits per heavy atom. The van der Waals surface area contributed by atoms with Crippen LogP contribution in [0.2, 0.25) is 0 Å². The fraction of sp³-hybridized carbons (Fsp3) is 0.725. The Labute approximate surface area is 356 Å². The minimum atomic E-state index is 0.252. The first kappa shape index (κ1) is 46.7. The van der Waals surface area contributed by atoms with E-state index in [1.807, 2.05) is 0 Å². The van der Waals surface area contributed by atoms with Crippen LogP contribution in [-0.4, -0.2) is 0 Å². The molecule has 0 fully saturated rings. The fourth-order valence-corrected chi connectivity index (χ4v) is 13.6. The fourth-order valence-electron chi connectivity index (χ4n) is 8.41. The largest absolute Gasteiger partial charge is 0.139 e. The highest BCUT2D eigenvalue weighted by Gasteiger charge is 2.25. The average molecular weight is 823 g/mol. The van der Waals surface area contributed by atoms with Gasteiger partial charge in [-0.1, -0.05) is 196 Å². The molecule has 0 spiro atoms. The second kappa shape index (κ2) is 26.2. The molecule has 0 aliphatic carbocycles. The summed E-state index contributed by atoms with van der Waals surface area (Å²) in [4.78, 5) is 9.31. The summed E-state index contributed by atoms with van der Waals surface area (Å²) in [5.74, 6) is 0.598. The smallest absolute Gasteiger partial charge is 0.0478 e. The van der Waals surface area contributed by atoms with Crippen LogP contribution in [0.4, 0.5) is 0 Å². The van der Waals surface area contributed by atoms with Gasteiger partial charge < -0.3 is 0 Å². The monoisotopic (exact) mass is 823 g/mol. The first-order chi connectivity index (χ1) is 26.8. The summed E-state index contributed by atoms with van der Waals surface area (Å²) in [5.41, 5.74) is 3.48. The maximum Gasteiger partial charge on any atom is 0.0478 e. The highest BCUT2D eigenvalue weighted by molar-refractivity contribution is 7.33. The van der Waals surface area contributed by atoms with E-state index in [1.165, 1.54) is 199 Å². The van der Waals surface area contributed by atoms with E-state index in [9.17, 15) is 0 Å². The lowest BCUT2D eigenvalue weighted by molar-refractivity contribution is 0.482. The summed E-state index contributed by atoms with van der Waals surface area (Å²) in [6, 6.07) is 10.3. The van der Waals surface area contributed by atoms with E-state index >= 15 is 0 Å². The van der Waals surface area contributed by atoms with Crippen LogP contribution in [0.5, 0.6) is 0 Å². The molecule has 0 aliphatic rings. The number of unbranched alkanes of at least 4 members (excludes halogenated alkanes) is 22. The molecule has 0 saturated carbocycles. The Hall–Kier alpha value is -0.940. The van der Waals surface area contributed by atoms with Crippen molar-refractivity contribution in [3.63, 3.8) is 0 Å². The third-order valence-electron chi connectivity index (χ3n) is 12.0. The van der Waals surface area contributed by atoms with Crippen LogP contribution >= 0.6 is 45.3 Å². The number of rotatable bonds is 32. The van der Waals surface area contributed by atoms with Gasteiger partial charge >= 0.3 is 0 Å². The van der Waals surface area contributed by atoms with Crippen LogP contribution in [0.25, 0.3) is 28.9 Å². The van der Waals surface area contributed by atoms with Gasteiger partial charge in [0.05, 0.1) is 0 Å². The summed E-state index contributed by atoms with van der Waals surface area (Å²) in [6.45, 7) is 16.7. The van der Waals surface area contributed by atoms with E-state index in [-0.39, 0.29) is 5.41 Å². The molecule has 4 heteroatoms. The zero-order valence-electron chi connectivity index (χ0n) is 36.8. The molecule has 0 unspecified atom stereocenters. The van der Waals surface area contributed by atoms with Gasteiger partial charge in [-0.2, -0.15) is 0 Å². The van der Waals surface area contributed by atoms with Crippen LogP contribution < -0.4 is 0 Å². The first-order valence-electron chi connectivity index (χ1n) is 23.6. The van der Waals surface area contributed by atoms with Crippen LogP contribution in [-0.2, 0) is 18.3 Å². The Kier molecular flexibility index (Phi) is 22.3. The van der Waals surface area contributed by atoms with E-state index in [2.05, 4.69) is 118 Å². The van der Waals surface area contributed by atoms with Gasteiger partial charge in [0.25, 0.3) is 0 Å². The molecule has 310 valence electrons. The Morgan fingerprint density at radius 2 is 0.818 bits per heavy atom. The van der Waals surface area contributed by atoms with E-state index in [1.54, 1.807) is 30.6 Å². The van der Waals surface area contributed by atoms with Crippen molar-refractivity contribution >= 4 is 54.7 Å². The number of thiophene rings is 4. The van der Waals surface area contributed by atoms with E-state index < -0.39 is 0 Å². The molecule has 0 atom stereocenters. The highest BCUT2D eigenvalue weighted by Crippen LogP contribution is 2.49. The predicted octanol–water partition coefficient (Wildman–Crippen LogP) is 20.1. The summed E-state index contributed by atoms with van der Waals surface area (Å²) in [6.07, 6.45) is 39.0. The van der Waals surface area contributed by atoms with Gasteiger partial charge in [0.15, 0.2) is 0 Å². The van der Waals surface area contributed by atoms with Gasteiger partial charge in [0.2, 0.25) is 0 Å². The van der Waals surface area contributed by atoms with Crippen molar-refractivity contribution in [1.29, 1.82) is 0 Å². The number of hydrogen-bond acceptors (Lipinski definition) is 4. The molecule has 0 saturated heterocycles. The Morgan fingerprint density at radius 3 is 1.22 bits per heavy atom. The zero-order chi connectivity index (χ0) is 39.3. The number of fused-ring (bicyclic) bond motifs is 1. The van der Waals surface area contributed by atoms with E-state index in [4.69, 9.17) is 0 Å².